The minimum absolute atomic E-state index is 0.0953. The minimum atomic E-state index is 0.0953. The molecule has 0 aromatic rings. The lowest BCUT2D eigenvalue weighted by Gasteiger charge is -2.07. The van der Waals surface area contributed by atoms with Crippen molar-refractivity contribution < 1.29 is 19.1 Å². The van der Waals surface area contributed by atoms with E-state index in [9.17, 15) is 9.59 Å². The fourth-order valence-corrected chi connectivity index (χ4v) is 1.87. The molecule has 0 aliphatic carbocycles. The molecule has 0 fully saturated rings. The van der Waals surface area contributed by atoms with E-state index in [2.05, 4.69) is 19.2 Å². The van der Waals surface area contributed by atoms with Gasteiger partial charge in [0.05, 0.1) is 19.8 Å². The van der Waals surface area contributed by atoms with Crippen molar-refractivity contribution >= 4 is 11.7 Å². The number of hydrogen-bond donors (Lipinski definition) is 1. The highest BCUT2D eigenvalue weighted by atomic mass is 16.5. The summed E-state index contributed by atoms with van der Waals surface area (Å²) in [4.78, 5) is 22.5. The van der Waals surface area contributed by atoms with Crippen LogP contribution in [0.15, 0.2) is 0 Å². The quantitative estimate of drug-likeness (QED) is 0.472. The lowest BCUT2D eigenvalue weighted by atomic mass is 10.0. The Labute approximate surface area is 135 Å². The number of carbonyl (C=O) groups is 2. The predicted octanol–water partition coefficient (Wildman–Crippen LogP) is 2.72. The standard InChI is InChI=1S/C17H33NO4/c1-4-16(19)14-22-13-12-21-11-10-18-17(20)9-7-5-6-8-15(2)3/h15H,4-14H2,1-3H3,(H,18,20). The number of nitrogens with one attached hydrogen (secondary N) is 1. The summed E-state index contributed by atoms with van der Waals surface area (Å²) < 4.78 is 10.5. The van der Waals surface area contributed by atoms with Gasteiger partial charge in [0.25, 0.3) is 0 Å². The predicted molar refractivity (Wildman–Crippen MR) is 87.9 cm³/mol. The molecule has 5 nitrogen and oxygen atoms in total. The van der Waals surface area contributed by atoms with Crippen LogP contribution in [0.5, 0.6) is 0 Å². The Bertz CT molecular complexity index is 292. The molecule has 0 saturated carbocycles. The maximum Gasteiger partial charge on any atom is 0.220 e. The van der Waals surface area contributed by atoms with Gasteiger partial charge in [-0.05, 0) is 12.3 Å². The molecule has 0 aromatic heterocycles. The summed E-state index contributed by atoms with van der Waals surface area (Å²) >= 11 is 0. The summed E-state index contributed by atoms with van der Waals surface area (Å²) in [5, 5.41) is 2.84. The normalized spacial score (nSPS) is 10.9. The summed E-state index contributed by atoms with van der Waals surface area (Å²) in [6.07, 6.45) is 5.62. The van der Waals surface area contributed by atoms with Crippen molar-refractivity contribution in [2.24, 2.45) is 5.92 Å². The van der Waals surface area contributed by atoms with Crippen LogP contribution in [-0.4, -0.2) is 44.7 Å². The van der Waals surface area contributed by atoms with Gasteiger partial charge in [-0.15, -0.1) is 0 Å². The Morgan fingerprint density at radius 3 is 2.41 bits per heavy atom. The Morgan fingerprint density at radius 1 is 1.00 bits per heavy atom. The topological polar surface area (TPSA) is 64.6 Å². The lowest BCUT2D eigenvalue weighted by molar-refractivity contribution is -0.124. The van der Waals surface area contributed by atoms with E-state index in [1.807, 2.05) is 6.92 Å². The van der Waals surface area contributed by atoms with E-state index in [-0.39, 0.29) is 18.3 Å². The number of Topliss-reactive ketones (excluding diaryl/α,β-unsaturated/α-hetero) is 1. The molecule has 0 radical (unpaired) electrons. The fourth-order valence-electron chi connectivity index (χ4n) is 1.87. The second-order valence-electron chi connectivity index (χ2n) is 5.90. The van der Waals surface area contributed by atoms with E-state index in [0.717, 1.165) is 18.8 Å². The molecule has 0 aliphatic heterocycles. The molecule has 0 spiro atoms. The largest absolute Gasteiger partial charge is 0.377 e. The third-order valence-corrected chi connectivity index (χ3v) is 3.28. The third-order valence-electron chi connectivity index (χ3n) is 3.28. The van der Waals surface area contributed by atoms with E-state index in [1.165, 1.54) is 12.8 Å². The molecular formula is C17H33NO4. The zero-order valence-electron chi connectivity index (χ0n) is 14.5. The number of rotatable bonds is 15. The average molecular weight is 315 g/mol. The molecule has 1 N–H and O–H groups in total. The maximum absolute atomic E-state index is 11.6. The number of ketones is 1. The first-order valence-corrected chi connectivity index (χ1v) is 8.50. The molecule has 0 heterocycles. The first-order chi connectivity index (χ1) is 10.6. The smallest absolute Gasteiger partial charge is 0.220 e. The zero-order chi connectivity index (χ0) is 16.6. The summed E-state index contributed by atoms with van der Waals surface area (Å²) in [5.74, 6) is 0.939. The van der Waals surface area contributed by atoms with Crippen LogP contribution in [0.3, 0.4) is 0 Å². The molecule has 0 bridgehead atoms. The van der Waals surface area contributed by atoms with E-state index < -0.39 is 0 Å². The SMILES string of the molecule is CCC(=O)COCCOCCNC(=O)CCCCCC(C)C. The Morgan fingerprint density at radius 2 is 1.73 bits per heavy atom. The monoisotopic (exact) mass is 315 g/mol. The third kappa shape index (κ3) is 15.4. The van der Waals surface area contributed by atoms with E-state index in [0.29, 0.717) is 39.2 Å². The number of ether oxygens (including phenoxy) is 2. The minimum Gasteiger partial charge on any atom is -0.377 e. The van der Waals surface area contributed by atoms with Crippen molar-refractivity contribution in [3.8, 4) is 0 Å². The van der Waals surface area contributed by atoms with Crippen LogP contribution >= 0.6 is 0 Å². The van der Waals surface area contributed by atoms with E-state index in [1.54, 1.807) is 0 Å². The maximum atomic E-state index is 11.6. The number of carbonyl (C=O) groups excluding carboxylic acids is 2. The van der Waals surface area contributed by atoms with Crippen molar-refractivity contribution in [1.82, 2.24) is 5.32 Å². The van der Waals surface area contributed by atoms with Gasteiger partial charge in [-0.25, -0.2) is 0 Å². The highest BCUT2D eigenvalue weighted by Gasteiger charge is 2.01. The van der Waals surface area contributed by atoms with Crippen LogP contribution < -0.4 is 5.32 Å². The van der Waals surface area contributed by atoms with Gasteiger partial charge in [0.2, 0.25) is 5.91 Å². The van der Waals surface area contributed by atoms with Crippen molar-refractivity contribution in [2.75, 3.05) is 33.0 Å². The van der Waals surface area contributed by atoms with Crippen LogP contribution in [-0.2, 0) is 19.1 Å². The van der Waals surface area contributed by atoms with E-state index >= 15 is 0 Å². The van der Waals surface area contributed by atoms with Crippen molar-refractivity contribution in [3.63, 3.8) is 0 Å². The summed E-state index contributed by atoms with van der Waals surface area (Å²) in [7, 11) is 0. The van der Waals surface area contributed by atoms with Gasteiger partial charge in [0.1, 0.15) is 6.61 Å². The summed E-state index contributed by atoms with van der Waals surface area (Å²) in [6.45, 7) is 8.28. The first kappa shape index (κ1) is 21.1. The Balaban J connectivity index is 3.23. The highest BCUT2D eigenvalue weighted by Crippen LogP contribution is 2.09. The van der Waals surface area contributed by atoms with Crippen molar-refractivity contribution in [1.29, 1.82) is 0 Å². The zero-order valence-corrected chi connectivity index (χ0v) is 14.5. The Hall–Kier alpha value is -0.940. The molecule has 0 aliphatic rings. The fraction of sp³-hybridized carbons (Fsp3) is 0.882. The van der Waals surface area contributed by atoms with Gasteiger partial charge >= 0.3 is 0 Å². The van der Waals surface area contributed by atoms with Gasteiger partial charge in [0, 0.05) is 19.4 Å². The second kappa shape index (κ2) is 15.0. The molecule has 0 rings (SSSR count). The van der Waals surface area contributed by atoms with Gasteiger partial charge in [-0.2, -0.15) is 0 Å². The van der Waals surface area contributed by atoms with Gasteiger partial charge in [-0.1, -0.05) is 40.0 Å². The van der Waals surface area contributed by atoms with Crippen LogP contribution in [0.2, 0.25) is 0 Å². The second-order valence-corrected chi connectivity index (χ2v) is 5.90. The highest BCUT2D eigenvalue weighted by molar-refractivity contribution is 5.79. The van der Waals surface area contributed by atoms with Gasteiger partial charge in [-0.3, -0.25) is 9.59 Å². The Kier molecular flexibility index (Phi) is 14.3. The molecule has 0 aromatic carbocycles. The lowest BCUT2D eigenvalue weighted by Crippen LogP contribution is -2.27. The van der Waals surface area contributed by atoms with Gasteiger partial charge in [0.15, 0.2) is 5.78 Å². The number of hydrogen-bond acceptors (Lipinski definition) is 4. The number of unbranched alkanes of at least 4 members (excludes halogenated alkanes) is 2. The molecule has 5 heteroatoms. The van der Waals surface area contributed by atoms with Crippen LogP contribution in [0.4, 0.5) is 0 Å². The van der Waals surface area contributed by atoms with Crippen molar-refractivity contribution in [2.45, 2.75) is 59.3 Å². The van der Waals surface area contributed by atoms with Crippen LogP contribution in [0, 0.1) is 5.92 Å². The molecule has 130 valence electrons. The average Bonchev–Trinajstić information content (AvgIpc) is 2.48. The molecule has 22 heavy (non-hydrogen) atoms. The molecule has 1 amide bonds. The van der Waals surface area contributed by atoms with Crippen LogP contribution in [0.25, 0.3) is 0 Å². The molecular weight excluding hydrogens is 282 g/mol. The molecule has 0 atom stereocenters. The van der Waals surface area contributed by atoms with Crippen LogP contribution in [0.1, 0.15) is 59.3 Å². The van der Waals surface area contributed by atoms with Gasteiger partial charge < -0.3 is 14.8 Å². The van der Waals surface area contributed by atoms with Crippen molar-refractivity contribution in [3.05, 3.63) is 0 Å². The number of amides is 1. The summed E-state index contributed by atoms with van der Waals surface area (Å²) in [6, 6.07) is 0. The van der Waals surface area contributed by atoms with E-state index in [4.69, 9.17) is 9.47 Å². The molecule has 0 saturated heterocycles. The molecule has 0 unspecified atom stereocenters. The first-order valence-electron chi connectivity index (χ1n) is 8.50. The summed E-state index contributed by atoms with van der Waals surface area (Å²) in [5.41, 5.74) is 0.